The fourth-order valence-electron chi connectivity index (χ4n) is 3.52. The molecular weight excluding hydrogens is 404 g/mol. The first-order valence-electron chi connectivity index (χ1n) is 11.5. The highest BCUT2D eigenvalue weighted by Gasteiger charge is 1.98. The molecule has 4 aromatic rings. The zero-order valence-corrected chi connectivity index (χ0v) is 19.2. The Morgan fingerprint density at radius 3 is 1.94 bits per heavy atom. The monoisotopic (exact) mass is 432 g/mol. The molecule has 0 radical (unpaired) electrons. The van der Waals surface area contributed by atoms with Crippen molar-refractivity contribution in [1.82, 2.24) is 0 Å². The molecule has 0 heterocycles. The lowest BCUT2D eigenvalue weighted by Crippen LogP contribution is -1.93. The number of hydrogen-bond donors (Lipinski definition) is 0. The molecule has 0 aliphatic heterocycles. The summed E-state index contributed by atoms with van der Waals surface area (Å²) in [6, 6.07) is 28.5. The molecule has 0 N–H and O–H groups in total. The second-order valence-electron chi connectivity index (χ2n) is 7.99. The molecule has 0 aliphatic carbocycles. The van der Waals surface area contributed by atoms with Crippen LogP contribution in [0.1, 0.15) is 43.4 Å². The smallest absolute Gasteiger partial charge is 0.119 e. The predicted octanol–water partition coefficient (Wildman–Crippen LogP) is 8.40. The Bertz CT molecular complexity index is 1290. The SMILES string of the molecule is CCCOc1ccc(N=Nc2ccc(C#Cc3ccc4cc(CCC)ccc4c3)cc2)cc1. The van der Waals surface area contributed by atoms with Crippen molar-refractivity contribution in [3.05, 3.63) is 102 Å². The molecule has 4 aromatic carbocycles. The van der Waals surface area contributed by atoms with E-state index in [1.165, 1.54) is 16.3 Å². The molecule has 0 bridgehead atoms. The first kappa shape index (κ1) is 22.3. The predicted molar refractivity (Wildman–Crippen MR) is 137 cm³/mol. The molecule has 0 saturated heterocycles. The molecular formula is C30H28N2O. The van der Waals surface area contributed by atoms with Crippen molar-refractivity contribution in [2.24, 2.45) is 10.2 Å². The number of aryl methyl sites for hydroxylation is 1. The van der Waals surface area contributed by atoms with Gasteiger partial charge in [0.15, 0.2) is 0 Å². The van der Waals surface area contributed by atoms with Crippen LogP contribution in [0, 0.1) is 11.8 Å². The first-order chi connectivity index (χ1) is 16.2. The number of hydrogen-bond acceptors (Lipinski definition) is 3. The van der Waals surface area contributed by atoms with Crippen LogP contribution in [0.4, 0.5) is 11.4 Å². The molecule has 164 valence electrons. The third-order valence-corrected chi connectivity index (χ3v) is 5.25. The number of fused-ring (bicyclic) bond motifs is 1. The van der Waals surface area contributed by atoms with Gasteiger partial charge in [-0.15, -0.1) is 0 Å². The van der Waals surface area contributed by atoms with Crippen molar-refractivity contribution in [2.75, 3.05) is 6.61 Å². The van der Waals surface area contributed by atoms with Gasteiger partial charge in [0, 0.05) is 11.1 Å². The summed E-state index contributed by atoms with van der Waals surface area (Å²) < 4.78 is 5.59. The Kier molecular flexibility index (Phi) is 7.51. The third kappa shape index (κ3) is 6.30. The maximum absolute atomic E-state index is 5.59. The zero-order chi connectivity index (χ0) is 22.9. The number of nitrogens with zero attached hydrogens (tertiary/aromatic N) is 2. The summed E-state index contributed by atoms with van der Waals surface area (Å²) >= 11 is 0. The lowest BCUT2D eigenvalue weighted by molar-refractivity contribution is 0.317. The average molecular weight is 433 g/mol. The van der Waals surface area contributed by atoms with Crippen molar-refractivity contribution in [3.8, 4) is 17.6 Å². The minimum Gasteiger partial charge on any atom is -0.494 e. The maximum atomic E-state index is 5.59. The van der Waals surface area contributed by atoms with E-state index in [-0.39, 0.29) is 0 Å². The van der Waals surface area contributed by atoms with Gasteiger partial charge in [-0.25, -0.2) is 0 Å². The van der Waals surface area contributed by atoms with E-state index >= 15 is 0 Å². The van der Waals surface area contributed by atoms with E-state index in [0.717, 1.165) is 54.1 Å². The van der Waals surface area contributed by atoms with Crippen LogP contribution < -0.4 is 4.74 Å². The van der Waals surface area contributed by atoms with E-state index in [2.05, 4.69) is 72.3 Å². The van der Waals surface area contributed by atoms with Crippen molar-refractivity contribution >= 4 is 22.1 Å². The Balaban J connectivity index is 1.40. The van der Waals surface area contributed by atoms with Crippen LogP contribution in [0.3, 0.4) is 0 Å². The molecule has 0 spiro atoms. The van der Waals surface area contributed by atoms with Crippen LogP contribution in [-0.4, -0.2) is 6.61 Å². The van der Waals surface area contributed by atoms with E-state index in [1.54, 1.807) is 0 Å². The molecule has 4 rings (SSSR count). The molecule has 0 aromatic heterocycles. The molecule has 0 fully saturated rings. The van der Waals surface area contributed by atoms with Crippen LogP contribution >= 0.6 is 0 Å². The van der Waals surface area contributed by atoms with Gasteiger partial charge in [0.05, 0.1) is 18.0 Å². The van der Waals surface area contributed by atoms with Crippen molar-refractivity contribution in [1.29, 1.82) is 0 Å². The van der Waals surface area contributed by atoms with Gasteiger partial charge < -0.3 is 4.74 Å². The third-order valence-electron chi connectivity index (χ3n) is 5.25. The minimum atomic E-state index is 0.719. The van der Waals surface area contributed by atoms with Crippen LogP contribution in [0.15, 0.2) is 95.2 Å². The summed E-state index contributed by atoms with van der Waals surface area (Å²) in [5.41, 5.74) is 4.94. The average Bonchev–Trinajstić information content (AvgIpc) is 2.86. The fraction of sp³-hybridized carbons (Fsp3) is 0.200. The van der Waals surface area contributed by atoms with E-state index < -0.39 is 0 Å². The molecule has 0 unspecified atom stereocenters. The molecule has 0 atom stereocenters. The topological polar surface area (TPSA) is 34.0 Å². The van der Waals surface area contributed by atoms with Gasteiger partial charge in [0.1, 0.15) is 5.75 Å². The summed E-state index contributed by atoms with van der Waals surface area (Å²) in [7, 11) is 0. The number of rotatable bonds is 7. The summed E-state index contributed by atoms with van der Waals surface area (Å²) in [5.74, 6) is 7.37. The van der Waals surface area contributed by atoms with Crippen LogP contribution in [0.5, 0.6) is 5.75 Å². The van der Waals surface area contributed by atoms with Crippen molar-refractivity contribution in [2.45, 2.75) is 33.1 Å². The second kappa shape index (κ2) is 11.1. The van der Waals surface area contributed by atoms with E-state index in [9.17, 15) is 0 Å². The Morgan fingerprint density at radius 1 is 0.636 bits per heavy atom. The summed E-state index contributed by atoms with van der Waals surface area (Å²) in [4.78, 5) is 0. The highest BCUT2D eigenvalue weighted by Crippen LogP contribution is 2.22. The normalized spacial score (nSPS) is 10.8. The maximum Gasteiger partial charge on any atom is 0.119 e. The molecule has 0 aliphatic rings. The van der Waals surface area contributed by atoms with Crippen LogP contribution in [-0.2, 0) is 6.42 Å². The van der Waals surface area contributed by atoms with Crippen LogP contribution in [0.2, 0.25) is 0 Å². The van der Waals surface area contributed by atoms with E-state index in [4.69, 9.17) is 4.74 Å². The molecule has 33 heavy (non-hydrogen) atoms. The summed E-state index contributed by atoms with van der Waals surface area (Å²) in [5, 5.41) is 11.1. The second-order valence-corrected chi connectivity index (χ2v) is 7.99. The highest BCUT2D eigenvalue weighted by molar-refractivity contribution is 5.84. The first-order valence-corrected chi connectivity index (χ1v) is 11.5. The molecule has 0 saturated carbocycles. The summed E-state index contributed by atoms with van der Waals surface area (Å²) in [6.07, 6.45) is 3.27. The van der Waals surface area contributed by atoms with Gasteiger partial charge >= 0.3 is 0 Å². The highest BCUT2D eigenvalue weighted by atomic mass is 16.5. The molecule has 3 heteroatoms. The number of ether oxygens (including phenoxy) is 1. The largest absolute Gasteiger partial charge is 0.494 e. The quantitative estimate of drug-likeness (QED) is 0.213. The number of azo groups is 1. The zero-order valence-electron chi connectivity index (χ0n) is 19.2. The van der Waals surface area contributed by atoms with Gasteiger partial charge in [-0.05, 0) is 89.8 Å². The Morgan fingerprint density at radius 2 is 1.24 bits per heavy atom. The Hall–Kier alpha value is -3.90. The van der Waals surface area contributed by atoms with Gasteiger partial charge in [-0.1, -0.05) is 56.4 Å². The van der Waals surface area contributed by atoms with Crippen LogP contribution in [0.25, 0.3) is 10.8 Å². The number of benzene rings is 4. The Labute approximate surface area is 196 Å². The van der Waals surface area contributed by atoms with Crippen molar-refractivity contribution in [3.63, 3.8) is 0 Å². The summed E-state index contributed by atoms with van der Waals surface area (Å²) in [6.45, 7) is 5.02. The standard InChI is InChI=1S/C30H28N2O/c1-3-5-24-8-12-27-22-25(9-13-26(27)21-24)7-6-23-10-14-28(15-11-23)31-32-29-16-18-30(19-17-29)33-20-4-2/h8-19,21-22H,3-5,20H2,1-2H3. The van der Waals surface area contributed by atoms with Gasteiger partial charge in [0.2, 0.25) is 0 Å². The van der Waals surface area contributed by atoms with Gasteiger partial charge in [0.25, 0.3) is 0 Å². The fourth-order valence-corrected chi connectivity index (χ4v) is 3.52. The van der Waals surface area contributed by atoms with Gasteiger partial charge in [-0.2, -0.15) is 10.2 Å². The van der Waals surface area contributed by atoms with Crippen molar-refractivity contribution < 1.29 is 4.74 Å². The van der Waals surface area contributed by atoms with Gasteiger partial charge in [-0.3, -0.25) is 0 Å². The molecule has 0 amide bonds. The van der Waals surface area contributed by atoms with E-state index in [1.807, 2.05) is 48.5 Å². The lowest BCUT2D eigenvalue weighted by atomic mass is 10.0. The molecule has 3 nitrogen and oxygen atoms in total. The van der Waals surface area contributed by atoms with E-state index in [0.29, 0.717) is 0 Å². The minimum absolute atomic E-state index is 0.719. The lowest BCUT2D eigenvalue weighted by Gasteiger charge is -2.03.